The van der Waals surface area contributed by atoms with Crippen LogP contribution in [0.2, 0.25) is 0 Å². The molecule has 0 N–H and O–H groups in total. The van der Waals surface area contributed by atoms with Crippen LogP contribution in [-0.4, -0.2) is 36.3 Å². The number of benzene rings is 2. The minimum Gasteiger partial charge on any atom is -0.367 e. The fourth-order valence-corrected chi connectivity index (χ4v) is 6.20. The molecule has 2 unspecified atom stereocenters. The van der Waals surface area contributed by atoms with Gasteiger partial charge in [-0.05, 0) is 55.2 Å². The Bertz CT molecular complexity index is 831. The molecule has 0 amide bonds. The van der Waals surface area contributed by atoms with Gasteiger partial charge in [-0.1, -0.05) is 35.9 Å². The van der Waals surface area contributed by atoms with Crippen molar-refractivity contribution in [2.45, 2.75) is 50.1 Å². The summed E-state index contributed by atoms with van der Waals surface area (Å²) in [6.45, 7) is 9.23. The number of likely N-dealkylation sites (tertiary alicyclic amines) is 1. The molecule has 1 saturated heterocycles. The SMILES string of the molecule is Cc1ccc(C)c(CN2CCC3C(C2)c2cccc4c2N3CCCS4)c1. The molecule has 2 nitrogen and oxygen atoms in total. The first-order valence-corrected chi connectivity index (χ1v) is 11.0. The van der Waals surface area contributed by atoms with Crippen LogP contribution in [0.4, 0.5) is 5.69 Å². The summed E-state index contributed by atoms with van der Waals surface area (Å²) in [5.74, 6) is 1.95. The molecule has 26 heavy (non-hydrogen) atoms. The molecule has 2 aromatic rings. The number of hydrogen-bond donors (Lipinski definition) is 0. The average molecular weight is 365 g/mol. The number of para-hydroxylation sites is 1. The van der Waals surface area contributed by atoms with Crippen LogP contribution in [0.5, 0.6) is 0 Å². The first kappa shape index (κ1) is 16.7. The van der Waals surface area contributed by atoms with E-state index in [1.54, 1.807) is 11.3 Å². The van der Waals surface area contributed by atoms with Crippen molar-refractivity contribution < 1.29 is 0 Å². The van der Waals surface area contributed by atoms with Crippen molar-refractivity contribution in [3.63, 3.8) is 0 Å². The predicted octanol–water partition coefficient (Wildman–Crippen LogP) is 4.98. The maximum absolute atomic E-state index is 2.77. The fraction of sp³-hybridized carbons (Fsp3) is 0.478. The summed E-state index contributed by atoms with van der Waals surface area (Å²) in [6.07, 6.45) is 2.61. The van der Waals surface area contributed by atoms with Crippen LogP contribution in [-0.2, 0) is 6.54 Å². The Hall–Kier alpha value is -1.45. The lowest BCUT2D eigenvalue weighted by atomic mass is 9.88. The first-order valence-electron chi connectivity index (χ1n) is 10.0. The Morgan fingerprint density at radius 2 is 2.04 bits per heavy atom. The smallest absolute Gasteiger partial charge is 0.0543 e. The van der Waals surface area contributed by atoms with E-state index in [1.165, 1.54) is 59.8 Å². The number of aryl methyl sites for hydroxylation is 2. The van der Waals surface area contributed by atoms with Gasteiger partial charge in [-0.2, -0.15) is 0 Å². The first-order chi connectivity index (χ1) is 12.7. The molecule has 3 aliphatic rings. The lowest BCUT2D eigenvalue weighted by Crippen LogP contribution is -2.46. The maximum atomic E-state index is 2.77. The van der Waals surface area contributed by atoms with Gasteiger partial charge in [-0.15, -0.1) is 11.8 Å². The highest BCUT2D eigenvalue weighted by molar-refractivity contribution is 7.99. The molecule has 3 aliphatic heterocycles. The van der Waals surface area contributed by atoms with Crippen LogP contribution in [0.15, 0.2) is 41.3 Å². The number of hydrogen-bond acceptors (Lipinski definition) is 3. The van der Waals surface area contributed by atoms with Crippen LogP contribution in [0.1, 0.15) is 41.0 Å². The average Bonchev–Trinajstić information content (AvgIpc) is 2.80. The van der Waals surface area contributed by atoms with Crippen LogP contribution < -0.4 is 4.90 Å². The van der Waals surface area contributed by atoms with Gasteiger partial charge in [0.2, 0.25) is 0 Å². The van der Waals surface area contributed by atoms with Gasteiger partial charge in [0.1, 0.15) is 0 Å². The Balaban J connectivity index is 1.42. The summed E-state index contributed by atoms with van der Waals surface area (Å²) in [4.78, 5) is 6.99. The molecule has 0 aliphatic carbocycles. The summed E-state index contributed by atoms with van der Waals surface area (Å²) >= 11 is 2.06. The summed E-state index contributed by atoms with van der Waals surface area (Å²) in [7, 11) is 0. The van der Waals surface area contributed by atoms with Crippen molar-refractivity contribution in [3.05, 3.63) is 58.7 Å². The van der Waals surface area contributed by atoms with Crippen molar-refractivity contribution in [2.75, 3.05) is 30.3 Å². The zero-order valence-corrected chi connectivity index (χ0v) is 16.7. The van der Waals surface area contributed by atoms with E-state index in [1.807, 2.05) is 0 Å². The molecule has 2 atom stereocenters. The highest BCUT2D eigenvalue weighted by Crippen LogP contribution is 2.50. The third-order valence-electron chi connectivity index (χ3n) is 6.48. The second-order valence-electron chi connectivity index (χ2n) is 8.22. The topological polar surface area (TPSA) is 6.48 Å². The van der Waals surface area contributed by atoms with Gasteiger partial charge >= 0.3 is 0 Å². The number of piperidine rings is 1. The highest BCUT2D eigenvalue weighted by atomic mass is 32.2. The van der Waals surface area contributed by atoms with Gasteiger partial charge in [-0.3, -0.25) is 4.90 Å². The molecule has 5 rings (SSSR count). The summed E-state index contributed by atoms with van der Waals surface area (Å²) < 4.78 is 0. The zero-order valence-electron chi connectivity index (χ0n) is 15.9. The van der Waals surface area contributed by atoms with Crippen molar-refractivity contribution in [1.82, 2.24) is 4.90 Å². The molecule has 0 saturated carbocycles. The third-order valence-corrected chi connectivity index (χ3v) is 7.61. The summed E-state index contributed by atoms with van der Waals surface area (Å²) in [6, 6.07) is 14.6. The molecule has 0 spiro atoms. The van der Waals surface area contributed by atoms with E-state index in [-0.39, 0.29) is 0 Å². The Morgan fingerprint density at radius 1 is 1.12 bits per heavy atom. The van der Waals surface area contributed by atoms with E-state index < -0.39 is 0 Å². The maximum Gasteiger partial charge on any atom is 0.0543 e. The Labute approximate surface area is 161 Å². The molecule has 3 heterocycles. The van der Waals surface area contributed by atoms with E-state index in [9.17, 15) is 0 Å². The molecular formula is C23H28N2S. The normalized spacial score (nSPS) is 24.9. The highest BCUT2D eigenvalue weighted by Gasteiger charge is 2.43. The second-order valence-corrected chi connectivity index (χ2v) is 9.35. The van der Waals surface area contributed by atoms with Crippen molar-refractivity contribution in [2.24, 2.45) is 0 Å². The predicted molar refractivity (Wildman–Crippen MR) is 111 cm³/mol. The molecule has 136 valence electrons. The van der Waals surface area contributed by atoms with Crippen LogP contribution in [0.3, 0.4) is 0 Å². The molecular weight excluding hydrogens is 336 g/mol. The minimum absolute atomic E-state index is 0.683. The quantitative estimate of drug-likeness (QED) is 0.742. The van der Waals surface area contributed by atoms with Crippen LogP contribution in [0, 0.1) is 13.8 Å². The van der Waals surface area contributed by atoms with Crippen molar-refractivity contribution in [3.8, 4) is 0 Å². The number of nitrogens with zero attached hydrogens (tertiary/aromatic N) is 2. The number of rotatable bonds is 2. The number of thioether (sulfide) groups is 1. The Morgan fingerprint density at radius 3 is 2.96 bits per heavy atom. The van der Waals surface area contributed by atoms with E-state index in [0.29, 0.717) is 5.92 Å². The summed E-state index contributed by atoms with van der Waals surface area (Å²) in [5, 5.41) is 0. The fourth-order valence-electron chi connectivity index (χ4n) is 5.16. The molecule has 0 aromatic heterocycles. The van der Waals surface area contributed by atoms with E-state index in [0.717, 1.165) is 12.6 Å². The third kappa shape index (κ3) is 2.76. The standard InChI is InChI=1S/C23H28N2S/c1-16-7-8-17(2)18(13-16)14-24-11-9-21-20(15-24)19-5-3-6-22-23(19)25(21)10-4-12-26-22/h3,5-8,13,20-21H,4,9-12,14-15H2,1-2H3. The van der Waals surface area contributed by atoms with Gasteiger partial charge in [0.05, 0.1) is 5.69 Å². The minimum atomic E-state index is 0.683. The molecule has 0 radical (unpaired) electrons. The van der Waals surface area contributed by atoms with Gasteiger partial charge in [0, 0.05) is 43.0 Å². The van der Waals surface area contributed by atoms with Crippen LogP contribution >= 0.6 is 11.8 Å². The van der Waals surface area contributed by atoms with Crippen molar-refractivity contribution in [1.29, 1.82) is 0 Å². The monoisotopic (exact) mass is 364 g/mol. The molecule has 1 fully saturated rings. The van der Waals surface area contributed by atoms with Gasteiger partial charge in [0.15, 0.2) is 0 Å². The number of fused-ring (bicyclic) bond motifs is 3. The number of anilines is 1. The van der Waals surface area contributed by atoms with Gasteiger partial charge < -0.3 is 4.90 Å². The molecule has 0 bridgehead atoms. The van der Waals surface area contributed by atoms with E-state index >= 15 is 0 Å². The van der Waals surface area contributed by atoms with Gasteiger partial charge in [0.25, 0.3) is 0 Å². The van der Waals surface area contributed by atoms with Crippen LogP contribution in [0.25, 0.3) is 0 Å². The van der Waals surface area contributed by atoms with E-state index in [4.69, 9.17) is 0 Å². The lowest BCUT2D eigenvalue weighted by molar-refractivity contribution is 0.185. The largest absolute Gasteiger partial charge is 0.367 e. The lowest BCUT2D eigenvalue weighted by Gasteiger charge is -2.39. The zero-order chi connectivity index (χ0) is 17.7. The van der Waals surface area contributed by atoms with Crippen molar-refractivity contribution >= 4 is 17.4 Å². The Kier molecular flexibility index (Phi) is 4.25. The molecule has 2 aromatic carbocycles. The molecule has 3 heteroatoms. The van der Waals surface area contributed by atoms with E-state index in [2.05, 4.69) is 71.8 Å². The summed E-state index contributed by atoms with van der Waals surface area (Å²) in [5.41, 5.74) is 7.51. The van der Waals surface area contributed by atoms with Gasteiger partial charge in [-0.25, -0.2) is 0 Å². The second kappa shape index (κ2) is 6.61.